The van der Waals surface area contributed by atoms with E-state index in [0.717, 1.165) is 40.9 Å². The molecule has 0 bridgehead atoms. The molecule has 11 heteroatoms. The van der Waals surface area contributed by atoms with Gasteiger partial charge in [0.2, 0.25) is 5.91 Å². The molecule has 0 saturated carbocycles. The number of rotatable bonds is 5. The summed E-state index contributed by atoms with van der Waals surface area (Å²) in [5.41, 5.74) is 9.08. The number of amides is 1. The number of nitrogens with zero attached hydrogens (tertiary/aromatic N) is 4. The van der Waals surface area contributed by atoms with Crippen molar-refractivity contribution >= 4 is 45.8 Å². The van der Waals surface area contributed by atoms with E-state index >= 15 is 0 Å². The van der Waals surface area contributed by atoms with Gasteiger partial charge in [-0.2, -0.15) is 5.10 Å². The topological polar surface area (TPSA) is 122 Å². The van der Waals surface area contributed by atoms with Gasteiger partial charge in [0.05, 0.1) is 22.1 Å². The van der Waals surface area contributed by atoms with Gasteiger partial charge < -0.3 is 15.0 Å². The third-order valence-electron chi connectivity index (χ3n) is 5.58. The molecule has 1 amide bonds. The van der Waals surface area contributed by atoms with Gasteiger partial charge in [-0.25, -0.2) is 4.98 Å². The molecule has 34 heavy (non-hydrogen) atoms. The Balaban J connectivity index is 1.40. The van der Waals surface area contributed by atoms with Crippen molar-refractivity contribution in [1.29, 1.82) is 0 Å². The summed E-state index contributed by atoms with van der Waals surface area (Å²) in [4.78, 5) is 22.4. The highest BCUT2D eigenvalue weighted by molar-refractivity contribution is 6.35. The first-order valence-corrected chi connectivity index (χ1v) is 11.4. The minimum Gasteiger partial charge on any atom is -0.471 e. The van der Waals surface area contributed by atoms with Crippen LogP contribution in [-0.2, 0) is 4.79 Å². The van der Waals surface area contributed by atoms with Crippen molar-refractivity contribution in [2.45, 2.75) is 12.6 Å². The van der Waals surface area contributed by atoms with E-state index in [2.05, 4.69) is 25.5 Å². The van der Waals surface area contributed by atoms with Crippen LogP contribution < -0.4 is 20.7 Å². The minimum absolute atomic E-state index is 0.00162. The highest BCUT2D eigenvalue weighted by atomic mass is 35.5. The smallest absolute Gasteiger partial charge is 0.239 e. The van der Waals surface area contributed by atoms with Crippen LogP contribution in [0.2, 0.25) is 10.0 Å². The number of nitrogens with two attached hydrogens (primary N) is 1. The number of hydrogen-bond acceptors (Lipinski definition) is 7. The average molecular weight is 498 g/mol. The zero-order valence-electron chi connectivity index (χ0n) is 18.0. The average Bonchev–Trinajstić information content (AvgIpc) is 3.11. The zero-order chi connectivity index (χ0) is 23.7. The molecule has 4 heterocycles. The molecule has 174 valence electrons. The number of nitrogens with one attached hydrogen (secondary N) is 2. The number of benzene rings is 1. The van der Waals surface area contributed by atoms with Crippen molar-refractivity contribution in [2.75, 3.05) is 24.5 Å². The summed E-state index contributed by atoms with van der Waals surface area (Å²) in [6.07, 6.45) is 4.70. The van der Waals surface area contributed by atoms with Gasteiger partial charge >= 0.3 is 0 Å². The second-order valence-corrected chi connectivity index (χ2v) is 8.68. The van der Waals surface area contributed by atoms with E-state index in [9.17, 15) is 4.79 Å². The monoisotopic (exact) mass is 497 g/mol. The Kier molecular flexibility index (Phi) is 6.23. The normalized spacial score (nSPS) is 15.1. The number of aromatic amines is 1. The summed E-state index contributed by atoms with van der Waals surface area (Å²) in [5.74, 6) is 1.29. The van der Waals surface area contributed by atoms with Crippen molar-refractivity contribution in [3.63, 3.8) is 0 Å². The van der Waals surface area contributed by atoms with Crippen LogP contribution in [0.15, 0.2) is 48.9 Å². The minimum atomic E-state index is -0.873. The Morgan fingerprint density at radius 3 is 2.71 bits per heavy atom. The standard InChI is InChI=1S/C23H21Cl2N7O2/c24-16-10-27-11-17(25)21(16)23(26)34-14-3-4-18-15(8-14)22(31-30-18)13-2-5-19(29-9-13)32-7-1-6-28-20(33)12-32/h2-5,8-11,23H,1,6-7,12,26H2,(H,28,33)(H,30,31)/t23-/m0/s1. The first kappa shape index (κ1) is 22.4. The number of halogens is 2. The number of fused-ring (bicyclic) bond motifs is 1. The fourth-order valence-corrected chi connectivity index (χ4v) is 4.48. The molecule has 0 unspecified atom stereocenters. The molecule has 0 radical (unpaired) electrons. The van der Waals surface area contributed by atoms with Gasteiger partial charge in [-0.1, -0.05) is 23.2 Å². The molecule has 9 nitrogen and oxygen atoms in total. The third kappa shape index (κ3) is 4.50. The van der Waals surface area contributed by atoms with Crippen LogP contribution in [-0.4, -0.2) is 45.7 Å². The summed E-state index contributed by atoms with van der Waals surface area (Å²) in [6.45, 7) is 1.74. The highest BCUT2D eigenvalue weighted by Gasteiger charge is 2.19. The number of hydrogen-bond donors (Lipinski definition) is 3. The highest BCUT2D eigenvalue weighted by Crippen LogP contribution is 2.33. The lowest BCUT2D eigenvalue weighted by atomic mass is 10.1. The molecule has 1 aliphatic heterocycles. The molecule has 0 aliphatic carbocycles. The van der Waals surface area contributed by atoms with Crippen molar-refractivity contribution in [2.24, 2.45) is 5.73 Å². The van der Waals surface area contributed by atoms with E-state index in [4.69, 9.17) is 33.7 Å². The van der Waals surface area contributed by atoms with Gasteiger partial charge in [0.25, 0.3) is 0 Å². The Bertz CT molecular complexity index is 1320. The Labute approximate surface area is 205 Å². The lowest BCUT2D eigenvalue weighted by Crippen LogP contribution is -2.33. The summed E-state index contributed by atoms with van der Waals surface area (Å²) < 4.78 is 5.93. The van der Waals surface area contributed by atoms with E-state index in [1.165, 1.54) is 12.4 Å². The van der Waals surface area contributed by atoms with Crippen molar-refractivity contribution < 1.29 is 9.53 Å². The number of carbonyl (C=O) groups is 1. The van der Waals surface area contributed by atoms with Crippen LogP contribution in [0.5, 0.6) is 5.75 Å². The lowest BCUT2D eigenvalue weighted by molar-refractivity contribution is -0.119. The molecule has 0 spiro atoms. The van der Waals surface area contributed by atoms with Crippen molar-refractivity contribution in [3.05, 3.63) is 64.5 Å². The SMILES string of the molecule is N[C@@H](Oc1ccc2[nH]nc(-c3ccc(N4CCCNC(=O)C4)nc3)c2c1)c1c(Cl)cncc1Cl. The number of carbonyl (C=O) groups excluding carboxylic acids is 1. The fourth-order valence-electron chi connectivity index (χ4n) is 3.90. The lowest BCUT2D eigenvalue weighted by Gasteiger charge is -2.20. The van der Waals surface area contributed by atoms with Gasteiger partial charge in [0, 0.05) is 48.2 Å². The van der Waals surface area contributed by atoms with Gasteiger partial charge in [0.1, 0.15) is 17.3 Å². The molecule has 5 rings (SSSR count). The van der Waals surface area contributed by atoms with E-state index in [1.807, 2.05) is 29.2 Å². The van der Waals surface area contributed by atoms with E-state index in [-0.39, 0.29) is 5.91 Å². The molecule has 4 N–H and O–H groups in total. The number of aromatic nitrogens is 4. The number of pyridine rings is 2. The summed E-state index contributed by atoms with van der Waals surface area (Å²) >= 11 is 12.4. The summed E-state index contributed by atoms with van der Waals surface area (Å²) in [6, 6.07) is 9.35. The summed E-state index contributed by atoms with van der Waals surface area (Å²) in [7, 11) is 0. The maximum atomic E-state index is 11.9. The molecule has 1 aromatic carbocycles. The second kappa shape index (κ2) is 9.46. The van der Waals surface area contributed by atoms with Gasteiger partial charge in [0.15, 0.2) is 6.23 Å². The van der Waals surface area contributed by atoms with Crippen LogP contribution in [0.1, 0.15) is 18.2 Å². The number of H-pyrrole nitrogens is 1. The van der Waals surface area contributed by atoms with Crippen molar-refractivity contribution in [1.82, 2.24) is 25.5 Å². The van der Waals surface area contributed by atoms with Crippen LogP contribution in [0.25, 0.3) is 22.2 Å². The van der Waals surface area contributed by atoms with E-state index in [0.29, 0.717) is 34.4 Å². The Hall–Kier alpha value is -3.40. The third-order valence-corrected chi connectivity index (χ3v) is 6.18. The predicted molar refractivity (Wildman–Crippen MR) is 131 cm³/mol. The van der Waals surface area contributed by atoms with Crippen LogP contribution in [0.4, 0.5) is 5.82 Å². The predicted octanol–water partition coefficient (Wildman–Crippen LogP) is 3.69. The van der Waals surface area contributed by atoms with Crippen molar-refractivity contribution in [3.8, 4) is 17.0 Å². The van der Waals surface area contributed by atoms with Crippen LogP contribution in [0.3, 0.4) is 0 Å². The van der Waals surface area contributed by atoms with Gasteiger partial charge in [-0.3, -0.25) is 20.6 Å². The molecule has 1 saturated heterocycles. The molecule has 1 fully saturated rings. The second-order valence-electron chi connectivity index (χ2n) is 7.87. The Morgan fingerprint density at radius 2 is 1.94 bits per heavy atom. The molecular formula is C23H21Cl2N7O2. The largest absolute Gasteiger partial charge is 0.471 e. The first-order valence-electron chi connectivity index (χ1n) is 10.7. The first-order chi connectivity index (χ1) is 16.5. The van der Waals surface area contributed by atoms with Crippen LogP contribution >= 0.6 is 23.2 Å². The maximum absolute atomic E-state index is 11.9. The summed E-state index contributed by atoms with van der Waals surface area (Å²) in [5, 5.41) is 11.9. The van der Waals surface area contributed by atoms with Crippen LogP contribution in [0, 0.1) is 0 Å². The van der Waals surface area contributed by atoms with Gasteiger partial charge in [-0.15, -0.1) is 0 Å². The van der Waals surface area contributed by atoms with E-state index in [1.54, 1.807) is 12.3 Å². The fraction of sp³-hybridized carbons (Fsp3) is 0.217. The molecular weight excluding hydrogens is 477 g/mol. The molecule has 1 atom stereocenters. The molecule has 3 aromatic heterocycles. The van der Waals surface area contributed by atoms with E-state index < -0.39 is 6.23 Å². The zero-order valence-corrected chi connectivity index (χ0v) is 19.5. The Morgan fingerprint density at radius 1 is 1.12 bits per heavy atom. The maximum Gasteiger partial charge on any atom is 0.239 e. The quantitative estimate of drug-likeness (QED) is 0.359. The number of ether oxygens (including phenoxy) is 1. The van der Waals surface area contributed by atoms with Gasteiger partial charge in [-0.05, 0) is 36.8 Å². The number of anilines is 1. The molecule has 1 aliphatic rings. The molecule has 4 aromatic rings.